The van der Waals surface area contributed by atoms with Crippen LogP contribution in [0.3, 0.4) is 0 Å². The Hall–Kier alpha value is -3.68. The van der Waals surface area contributed by atoms with Gasteiger partial charge in [0.2, 0.25) is 0 Å². The van der Waals surface area contributed by atoms with Crippen LogP contribution in [0.2, 0.25) is 20.1 Å². The molecule has 0 radical (unpaired) electrons. The summed E-state index contributed by atoms with van der Waals surface area (Å²) in [4.78, 5) is 9.15. The van der Waals surface area contributed by atoms with Gasteiger partial charge in [-0.05, 0) is 84.9 Å². The van der Waals surface area contributed by atoms with E-state index in [0.717, 1.165) is 28.0 Å². The summed E-state index contributed by atoms with van der Waals surface area (Å²) in [5, 5.41) is 13.4. The van der Waals surface area contributed by atoms with E-state index < -0.39 is 0 Å². The Morgan fingerprint density at radius 3 is 2.12 bits per heavy atom. The molecule has 0 bridgehead atoms. The van der Waals surface area contributed by atoms with Crippen molar-refractivity contribution < 1.29 is 4.74 Å². The number of guanidine groups is 1. The van der Waals surface area contributed by atoms with Gasteiger partial charge in [-0.1, -0.05) is 46.4 Å². The van der Waals surface area contributed by atoms with Crippen molar-refractivity contribution >= 4 is 80.3 Å². The van der Waals surface area contributed by atoms with E-state index in [9.17, 15) is 0 Å². The van der Waals surface area contributed by atoms with Crippen molar-refractivity contribution in [3.05, 3.63) is 117 Å². The summed E-state index contributed by atoms with van der Waals surface area (Å²) in [6.45, 7) is 1.09. The Kier molecular flexibility index (Phi) is 9.14. The quantitative estimate of drug-likeness (QED) is 0.0926. The van der Waals surface area contributed by atoms with Crippen LogP contribution in [-0.2, 0) is 0 Å². The molecule has 0 fully saturated rings. The maximum Gasteiger partial charge on any atom is 0.200 e. The fourth-order valence-corrected chi connectivity index (χ4v) is 4.45. The van der Waals surface area contributed by atoms with Gasteiger partial charge in [-0.2, -0.15) is 0 Å². The van der Waals surface area contributed by atoms with Gasteiger partial charge in [-0.15, -0.1) is 0 Å². The van der Waals surface area contributed by atoms with Crippen LogP contribution >= 0.6 is 46.4 Å². The molecule has 0 aliphatic rings. The number of anilines is 3. The molecule has 3 N–H and O–H groups in total. The molecule has 5 aromatic rings. The molecule has 202 valence electrons. The van der Waals surface area contributed by atoms with Gasteiger partial charge >= 0.3 is 0 Å². The molecular formula is C30H23Cl4N5O. The third-order valence-electron chi connectivity index (χ3n) is 5.75. The Morgan fingerprint density at radius 1 is 0.725 bits per heavy atom. The van der Waals surface area contributed by atoms with E-state index in [4.69, 9.17) is 56.1 Å². The highest BCUT2D eigenvalue weighted by Crippen LogP contribution is 2.32. The Bertz CT molecular complexity index is 1640. The van der Waals surface area contributed by atoms with Crippen LogP contribution in [0, 0.1) is 0 Å². The number of nitrogens with zero attached hydrogens (tertiary/aromatic N) is 2. The first kappa shape index (κ1) is 27.9. The molecule has 10 heteroatoms. The van der Waals surface area contributed by atoms with Crippen molar-refractivity contribution in [2.45, 2.75) is 0 Å². The van der Waals surface area contributed by atoms with Gasteiger partial charge in [0.1, 0.15) is 11.5 Å². The Morgan fingerprint density at radius 2 is 1.38 bits per heavy atom. The second kappa shape index (κ2) is 13.1. The lowest BCUT2D eigenvalue weighted by Gasteiger charge is -2.14. The van der Waals surface area contributed by atoms with E-state index in [2.05, 4.69) is 20.9 Å². The van der Waals surface area contributed by atoms with E-state index in [0.29, 0.717) is 50.6 Å². The third kappa shape index (κ3) is 7.49. The number of aliphatic imine (C=N–C) groups is 1. The highest BCUT2D eigenvalue weighted by molar-refractivity contribution is 6.34. The van der Waals surface area contributed by atoms with Crippen molar-refractivity contribution in [3.63, 3.8) is 0 Å². The first-order valence-electron chi connectivity index (χ1n) is 12.3. The average molecular weight is 611 g/mol. The number of aromatic nitrogens is 1. The predicted molar refractivity (Wildman–Crippen MR) is 169 cm³/mol. The molecule has 0 spiro atoms. The van der Waals surface area contributed by atoms with Gasteiger partial charge in [0.15, 0.2) is 5.96 Å². The van der Waals surface area contributed by atoms with Crippen LogP contribution < -0.4 is 20.7 Å². The van der Waals surface area contributed by atoms with Crippen molar-refractivity contribution in [2.24, 2.45) is 4.99 Å². The molecule has 0 atom stereocenters. The summed E-state index contributed by atoms with van der Waals surface area (Å²) >= 11 is 24.5. The molecule has 5 rings (SSSR count). The summed E-state index contributed by atoms with van der Waals surface area (Å²) in [7, 11) is 0. The molecule has 1 heterocycles. The number of nitrogens with one attached hydrogen (secondary N) is 3. The second-order valence-corrected chi connectivity index (χ2v) is 10.4. The van der Waals surface area contributed by atoms with Crippen LogP contribution in [0.5, 0.6) is 11.5 Å². The number of pyridine rings is 1. The third-order valence-corrected chi connectivity index (χ3v) is 6.78. The summed E-state index contributed by atoms with van der Waals surface area (Å²) in [6.07, 6.45) is 1.76. The van der Waals surface area contributed by atoms with Gasteiger partial charge in [-0.25, -0.2) is 0 Å². The minimum absolute atomic E-state index is 0.477. The number of hydrogen-bond donors (Lipinski definition) is 3. The van der Waals surface area contributed by atoms with E-state index in [1.54, 1.807) is 24.4 Å². The lowest BCUT2D eigenvalue weighted by Crippen LogP contribution is -2.23. The first-order valence-corrected chi connectivity index (χ1v) is 13.8. The largest absolute Gasteiger partial charge is 0.456 e. The lowest BCUT2D eigenvalue weighted by atomic mass is 10.2. The van der Waals surface area contributed by atoms with Gasteiger partial charge in [0, 0.05) is 56.3 Å². The average Bonchev–Trinajstić information content (AvgIpc) is 2.95. The van der Waals surface area contributed by atoms with Crippen molar-refractivity contribution in [2.75, 3.05) is 29.0 Å². The van der Waals surface area contributed by atoms with Crippen LogP contribution in [0.1, 0.15) is 0 Å². The van der Waals surface area contributed by atoms with Crippen molar-refractivity contribution in [3.8, 4) is 11.5 Å². The minimum atomic E-state index is 0.477. The van der Waals surface area contributed by atoms with Gasteiger partial charge < -0.3 is 20.7 Å². The van der Waals surface area contributed by atoms with Gasteiger partial charge in [-0.3, -0.25) is 9.98 Å². The number of benzene rings is 4. The molecule has 6 nitrogen and oxygen atoms in total. The zero-order valence-electron chi connectivity index (χ0n) is 21.0. The standard InChI is InChI=1S/C30H23Cl4N5O/c31-19-1-5-22(6-2-19)38-30(37-16-15-36-27-13-14-35-28-17-20(32)3-11-25(27)28)39-23-7-9-24(10-8-23)40-29-18-21(33)4-12-26(29)34/h1-14,17-18H,15-16H2,(H,35,36)(H2,37,38,39). The van der Waals surface area contributed by atoms with Gasteiger partial charge in [0.25, 0.3) is 0 Å². The van der Waals surface area contributed by atoms with Crippen LogP contribution in [0.15, 0.2) is 102 Å². The van der Waals surface area contributed by atoms with Gasteiger partial charge in [0.05, 0.1) is 17.1 Å². The molecule has 4 aromatic carbocycles. The van der Waals surface area contributed by atoms with Crippen molar-refractivity contribution in [1.29, 1.82) is 0 Å². The van der Waals surface area contributed by atoms with E-state index in [1.165, 1.54) is 0 Å². The van der Waals surface area contributed by atoms with Crippen LogP contribution in [0.25, 0.3) is 10.9 Å². The highest BCUT2D eigenvalue weighted by Gasteiger charge is 2.07. The Balaban J connectivity index is 1.28. The molecule has 0 unspecified atom stereocenters. The summed E-state index contributed by atoms with van der Waals surface area (Å²) in [6, 6.07) is 27.5. The summed E-state index contributed by atoms with van der Waals surface area (Å²) < 4.78 is 5.89. The number of fused-ring (bicyclic) bond motifs is 1. The molecule has 1 aromatic heterocycles. The topological polar surface area (TPSA) is 70.6 Å². The molecule has 0 aliphatic heterocycles. The fourth-order valence-electron chi connectivity index (χ4n) is 3.84. The summed E-state index contributed by atoms with van der Waals surface area (Å²) in [5.74, 6) is 1.68. The SMILES string of the molecule is Clc1ccc(NC(=NCCNc2ccnc3cc(Cl)ccc23)Nc2ccc(Oc3cc(Cl)ccc3Cl)cc2)cc1. The second-order valence-electron chi connectivity index (χ2n) is 8.64. The lowest BCUT2D eigenvalue weighted by molar-refractivity contribution is 0.483. The zero-order valence-corrected chi connectivity index (χ0v) is 24.0. The van der Waals surface area contributed by atoms with E-state index in [1.807, 2.05) is 72.8 Å². The Labute approximate surface area is 251 Å². The van der Waals surface area contributed by atoms with Crippen molar-refractivity contribution in [1.82, 2.24) is 4.98 Å². The summed E-state index contributed by atoms with van der Waals surface area (Å²) in [5.41, 5.74) is 3.45. The fraction of sp³-hybridized carbons (Fsp3) is 0.0667. The molecule has 0 amide bonds. The molecule has 0 saturated carbocycles. The molecular weight excluding hydrogens is 588 g/mol. The normalized spacial score (nSPS) is 11.3. The van der Waals surface area contributed by atoms with Crippen LogP contribution in [0.4, 0.5) is 17.1 Å². The molecule has 0 saturated heterocycles. The molecule has 0 aliphatic carbocycles. The first-order chi connectivity index (χ1) is 19.4. The smallest absolute Gasteiger partial charge is 0.200 e. The number of ether oxygens (including phenoxy) is 1. The zero-order chi connectivity index (χ0) is 27.9. The van der Waals surface area contributed by atoms with E-state index in [-0.39, 0.29) is 0 Å². The number of halogens is 4. The van der Waals surface area contributed by atoms with E-state index >= 15 is 0 Å². The monoisotopic (exact) mass is 609 g/mol. The maximum atomic E-state index is 6.23. The predicted octanol–water partition coefficient (Wildman–Crippen LogP) is 9.63. The van der Waals surface area contributed by atoms with Crippen LogP contribution in [-0.4, -0.2) is 24.0 Å². The number of hydrogen-bond acceptors (Lipinski definition) is 4. The number of rotatable bonds is 8. The maximum absolute atomic E-state index is 6.23. The molecule has 40 heavy (non-hydrogen) atoms. The highest BCUT2D eigenvalue weighted by atomic mass is 35.5. The minimum Gasteiger partial charge on any atom is -0.456 e.